The normalized spacial score (nSPS) is 10.0. The Morgan fingerprint density at radius 1 is 0.905 bits per heavy atom. The van der Waals surface area contributed by atoms with Gasteiger partial charge >= 0.3 is 11.9 Å². The summed E-state index contributed by atoms with van der Waals surface area (Å²) in [4.78, 5) is 23.5. The molecule has 0 aliphatic heterocycles. The summed E-state index contributed by atoms with van der Waals surface area (Å²) in [7, 11) is 2.60. The van der Waals surface area contributed by atoms with Gasteiger partial charge in [-0.05, 0) is 35.4 Å². The highest BCUT2D eigenvalue weighted by atomic mass is 79.9. The first-order valence-corrected chi connectivity index (χ1v) is 6.92. The van der Waals surface area contributed by atoms with E-state index in [1.54, 1.807) is 12.1 Å². The van der Waals surface area contributed by atoms with Crippen molar-refractivity contribution in [2.45, 2.75) is 0 Å². The number of rotatable bonds is 3. The average molecular weight is 349 g/mol. The van der Waals surface area contributed by atoms with E-state index in [0.717, 1.165) is 10.0 Å². The first kappa shape index (κ1) is 15.3. The maximum atomic E-state index is 12.0. The van der Waals surface area contributed by atoms with E-state index in [9.17, 15) is 9.59 Å². The minimum Gasteiger partial charge on any atom is -0.465 e. The molecule has 4 nitrogen and oxygen atoms in total. The molecule has 0 saturated carbocycles. The van der Waals surface area contributed by atoms with E-state index in [2.05, 4.69) is 20.7 Å². The summed E-state index contributed by atoms with van der Waals surface area (Å²) in [5.41, 5.74) is 2.18. The Labute approximate surface area is 130 Å². The van der Waals surface area contributed by atoms with Gasteiger partial charge in [-0.15, -0.1) is 0 Å². The first-order chi connectivity index (χ1) is 10.1. The molecule has 2 aromatic rings. The summed E-state index contributed by atoms with van der Waals surface area (Å²) in [6.45, 7) is 0. The maximum absolute atomic E-state index is 12.0. The van der Waals surface area contributed by atoms with Crippen LogP contribution in [0, 0.1) is 0 Å². The van der Waals surface area contributed by atoms with Crippen LogP contribution >= 0.6 is 15.9 Å². The standard InChI is InChI=1S/C16H13BrO4/c1-20-15(18)11-5-8-13(14(9-11)16(19)21-2)10-3-6-12(17)7-4-10/h3-9H,1-2H3. The molecule has 0 unspecified atom stereocenters. The van der Waals surface area contributed by atoms with Crippen molar-refractivity contribution in [1.29, 1.82) is 0 Å². The van der Waals surface area contributed by atoms with Gasteiger partial charge in [0.2, 0.25) is 0 Å². The van der Waals surface area contributed by atoms with Gasteiger partial charge in [-0.25, -0.2) is 9.59 Å². The minimum atomic E-state index is -0.501. The molecule has 0 spiro atoms. The molecular formula is C16H13BrO4. The molecule has 0 radical (unpaired) electrons. The number of ether oxygens (including phenoxy) is 2. The third-order valence-corrected chi connectivity index (χ3v) is 3.53. The molecule has 0 bridgehead atoms. The van der Waals surface area contributed by atoms with Crippen molar-refractivity contribution in [3.63, 3.8) is 0 Å². The van der Waals surface area contributed by atoms with Crippen molar-refractivity contribution in [2.75, 3.05) is 14.2 Å². The second kappa shape index (κ2) is 6.54. The molecule has 0 aromatic heterocycles. The van der Waals surface area contributed by atoms with Gasteiger partial charge in [0.1, 0.15) is 0 Å². The van der Waals surface area contributed by atoms with Gasteiger partial charge < -0.3 is 9.47 Å². The molecule has 5 heteroatoms. The number of methoxy groups -OCH3 is 2. The topological polar surface area (TPSA) is 52.6 Å². The zero-order valence-corrected chi connectivity index (χ0v) is 13.1. The summed E-state index contributed by atoms with van der Waals surface area (Å²) in [6.07, 6.45) is 0. The molecule has 0 atom stereocenters. The average Bonchev–Trinajstić information content (AvgIpc) is 2.53. The van der Waals surface area contributed by atoms with Crippen LogP contribution in [0.15, 0.2) is 46.9 Å². The first-order valence-electron chi connectivity index (χ1n) is 6.13. The molecule has 0 heterocycles. The van der Waals surface area contributed by atoms with Crippen LogP contribution in [-0.2, 0) is 9.47 Å². The largest absolute Gasteiger partial charge is 0.465 e. The van der Waals surface area contributed by atoms with Crippen molar-refractivity contribution < 1.29 is 19.1 Å². The number of carbonyl (C=O) groups excluding carboxylic acids is 2. The second-order valence-corrected chi connectivity index (χ2v) is 5.17. The van der Waals surface area contributed by atoms with E-state index in [4.69, 9.17) is 4.74 Å². The molecular weight excluding hydrogens is 336 g/mol. The van der Waals surface area contributed by atoms with Crippen LogP contribution in [-0.4, -0.2) is 26.2 Å². The highest BCUT2D eigenvalue weighted by Crippen LogP contribution is 2.27. The van der Waals surface area contributed by atoms with Crippen LogP contribution in [0.5, 0.6) is 0 Å². The number of hydrogen-bond acceptors (Lipinski definition) is 4. The van der Waals surface area contributed by atoms with E-state index in [1.807, 2.05) is 24.3 Å². The zero-order valence-electron chi connectivity index (χ0n) is 11.6. The van der Waals surface area contributed by atoms with Crippen molar-refractivity contribution in [2.24, 2.45) is 0 Å². The van der Waals surface area contributed by atoms with Gasteiger partial charge in [-0.1, -0.05) is 34.1 Å². The fourth-order valence-corrected chi connectivity index (χ4v) is 2.21. The Kier molecular flexibility index (Phi) is 4.75. The van der Waals surface area contributed by atoms with E-state index < -0.39 is 11.9 Å². The highest BCUT2D eigenvalue weighted by Gasteiger charge is 2.17. The number of benzene rings is 2. The van der Waals surface area contributed by atoms with Crippen molar-refractivity contribution in [3.8, 4) is 11.1 Å². The molecule has 0 amide bonds. The molecule has 0 aliphatic rings. The molecule has 2 rings (SSSR count). The summed E-state index contributed by atoms with van der Waals surface area (Å²) < 4.78 is 10.4. The number of carbonyl (C=O) groups is 2. The number of halogens is 1. The lowest BCUT2D eigenvalue weighted by atomic mass is 9.97. The monoisotopic (exact) mass is 348 g/mol. The Bertz CT molecular complexity index is 677. The fourth-order valence-electron chi connectivity index (χ4n) is 1.95. The summed E-state index contributed by atoms with van der Waals surface area (Å²) in [5, 5.41) is 0. The van der Waals surface area contributed by atoms with Gasteiger partial charge in [0.05, 0.1) is 25.3 Å². The van der Waals surface area contributed by atoms with Crippen LogP contribution in [0.25, 0.3) is 11.1 Å². The smallest absolute Gasteiger partial charge is 0.338 e. The number of esters is 2. The Balaban J connectivity index is 2.57. The van der Waals surface area contributed by atoms with E-state index >= 15 is 0 Å². The second-order valence-electron chi connectivity index (χ2n) is 4.25. The van der Waals surface area contributed by atoms with Crippen LogP contribution in [0.1, 0.15) is 20.7 Å². The fraction of sp³-hybridized carbons (Fsp3) is 0.125. The van der Waals surface area contributed by atoms with Crippen LogP contribution < -0.4 is 0 Å². The third-order valence-electron chi connectivity index (χ3n) is 3.00. The zero-order chi connectivity index (χ0) is 15.4. The molecule has 0 fully saturated rings. The molecule has 21 heavy (non-hydrogen) atoms. The SMILES string of the molecule is COC(=O)c1ccc(-c2ccc(Br)cc2)c(C(=O)OC)c1. The van der Waals surface area contributed by atoms with Crippen molar-refractivity contribution in [3.05, 3.63) is 58.1 Å². The minimum absolute atomic E-state index is 0.304. The Morgan fingerprint density at radius 2 is 1.52 bits per heavy atom. The van der Waals surface area contributed by atoms with Crippen LogP contribution in [0.3, 0.4) is 0 Å². The maximum Gasteiger partial charge on any atom is 0.338 e. The molecule has 0 saturated heterocycles. The van der Waals surface area contributed by atoms with Crippen LogP contribution in [0.2, 0.25) is 0 Å². The molecule has 108 valence electrons. The predicted octanol–water partition coefficient (Wildman–Crippen LogP) is 3.69. The Morgan fingerprint density at radius 3 is 2.10 bits per heavy atom. The summed E-state index contributed by atoms with van der Waals surface area (Å²) in [5.74, 6) is -0.999. The predicted molar refractivity (Wildman–Crippen MR) is 82.3 cm³/mol. The lowest BCUT2D eigenvalue weighted by Gasteiger charge is -2.10. The molecule has 2 aromatic carbocycles. The lowest BCUT2D eigenvalue weighted by molar-refractivity contribution is 0.0600. The summed E-state index contributed by atoms with van der Waals surface area (Å²) in [6, 6.07) is 12.3. The Hall–Kier alpha value is -2.14. The number of hydrogen-bond donors (Lipinski definition) is 0. The summed E-state index contributed by atoms with van der Waals surface area (Å²) >= 11 is 3.37. The van der Waals surface area contributed by atoms with E-state index in [0.29, 0.717) is 16.7 Å². The van der Waals surface area contributed by atoms with Gasteiger partial charge in [0, 0.05) is 4.47 Å². The van der Waals surface area contributed by atoms with E-state index in [1.165, 1.54) is 20.3 Å². The quantitative estimate of drug-likeness (QED) is 0.793. The van der Waals surface area contributed by atoms with Gasteiger partial charge in [0.25, 0.3) is 0 Å². The highest BCUT2D eigenvalue weighted by molar-refractivity contribution is 9.10. The van der Waals surface area contributed by atoms with Gasteiger partial charge in [0.15, 0.2) is 0 Å². The van der Waals surface area contributed by atoms with Gasteiger partial charge in [-0.3, -0.25) is 0 Å². The lowest BCUT2D eigenvalue weighted by Crippen LogP contribution is -2.08. The third kappa shape index (κ3) is 3.31. The van der Waals surface area contributed by atoms with E-state index in [-0.39, 0.29) is 0 Å². The van der Waals surface area contributed by atoms with Crippen LogP contribution in [0.4, 0.5) is 0 Å². The van der Waals surface area contributed by atoms with Crippen molar-refractivity contribution in [1.82, 2.24) is 0 Å². The molecule has 0 aliphatic carbocycles. The van der Waals surface area contributed by atoms with Gasteiger partial charge in [-0.2, -0.15) is 0 Å². The van der Waals surface area contributed by atoms with Crippen molar-refractivity contribution >= 4 is 27.9 Å². The molecule has 0 N–H and O–H groups in total.